The van der Waals surface area contributed by atoms with E-state index in [2.05, 4.69) is 55.6 Å². The van der Waals surface area contributed by atoms with Crippen molar-refractivity contribution in [3.8, 4) is 0 Å². The average Bonchev–Trinajstić information content (AvgIpc) is 0.799. The largest absolute Gasteiger partial charge is 0.394 e. The number of hydrogen-bond acceptors (Lipinski definition) is 18. The summed E-state index contributed by atoms with van der Waals surface area (Å²) in [7, 11) is 0. The molecule has 3 aliphatic heterocycles. The molecule has 92 heavy (non-hydrogen) atoms. The highest BCUT2D eigenvalue weighted by atomic mass is 16.8. The Labute approximate surface area is 555 Å². The molecule has 3 rings (SSSR count). The number of aliphatic hydroxyl groups is 11. The quantitative estimate of drug-likeness (QED) is 0.0199. The van der Waals surface area contributed by atoms with Gasteiger partial charge in [0.2, 0.25) is 5.91 Å². The van der Waals surface area contributed by atoms with Crippen molar-refractivity contribution >= 4 is 5.91 Å². The van der Waals surface area contributed by atoms with Gasteiger partial charge in [-0.2, -0.15) is 0 Å². The fraction of sp³-hybridized carbons (Fsp3) is 0.904. The van der Waals surface area contributed by atoms with Gasteiger partial charge in [0.15, 0.2) is 18.9 Å². The summed E-state index contributed by atoms with van der Waals surface area (Å²) in [6.07, 6.45) is 38.5. The topological polar surface area (TPSA) is 307 Å². The number of allylic oxidation sites excluding steroid dienone is 6. The molecule has 0 aromatic carbocycles. The van der Waals surface area contributed by atoms with E-state index in [1.165, 1.54) is 199 Å². The highest BCUT2D eigenvalue weighted by molar-refractivity contribution is 5.76. The van der Waals surface area contributed by atoms with Crippen molar-refractivity contribution in [3.05, 3.63) is 36.5 Å². The van der Waals surface area contributed by atoms with Gasteiger partial charge in [-0.15, -0.1) is 0 Å². The Bertz CT molecular complexity index is 1810. The summed E-state index contributed by atoms with van der Waals surface area (Å²) in [6, 6.07) is -0.883. The van der Waals surface area contributed by atoms with E-state index in [9.17, 15) is 61.0 Å². The molecule has 0 radical (unpaired) electrons. The van der Waals surface area contributed by atoms with Crippen LogP contribution in [0.15, 0.2) is 36.5 Å². The molecule has 0 aliphatic carbocycles. The zero-order chi connectivity index (χ0) is 66.8. The predicted molar refractivity (Wildman–Crippen MR) is 360 cm³/mol. The van der Waals surface area contributed by atoms with Gasteiger partial charge in [-0.25, -0.2) is 0 Å². The molecule has 19 nitrogen and oxygen atoms in total. The molecular weight excluding hydrogens is 1180 g/mol. The third-order valence-electron chi connectivity index (χ3n) is 18.7. The summed E-state index contributed by atoms with van der Waals surface area (Å²) in [4.78, 5) is 13.4. The lowest BCUT2D eigenvalue weighted by Gasteiger charge is -2.48. The third kappa shape index (κ3) is 36.0. The van der Waals surface area contributed by atoms with Gasteiger partial charge in [-0.1, -0.05) is 269 Å². The van der Waals surface area contributed by atoms with E-state index in [4.69, 9.17) is 28.4 Å². The van der Waals surface area contributed by atoms with Crippen molar-refractivity contribution in [2.45, 2.75) is 394 Å². The fourth-order valence-electron chi connectivity index (χ4n) is 12.7. The second-order valence-electron chi connectivity index (χ2n) is 26.8. The average molecular weight is 1310 g/mol. The Morgan fingerprint density at radius 1 is 0.391 bits per heavy atom. The van der Waals surface area contributed by atoms with E-state index in [1.54, 1.807) is 0 Å². The van der Waals surface area contributed by atoms with Crippen LogP contribution >= 0.6 is 0 Å². The number of nitrogens with one attached hydrogen (secondary N) is 1. The molecule has 0 saturated carbocycles. The van der Waals surface area contributed by atoms with E-state index in [1.807, 2.05) is 0 Å². The van der Waals surface area contributed by atoms with Crippen LogP contribution in [0.1, 0.15) is 290 Å². The molecule has 3 heterocycles. The first-order chi connectivity index (χ1) is 44.8. The second kappa shape index (κ2) is 55.0. The number of ether oxygens (including phenoxy) is 6. The molecule has 0 aromatic rings. The van der Waals surface area contributed by atoms with Gasteiger partial charge in [-0.05, 0) is 51.4 Å². The van der Waals surface area contributed by atoms with E-state index >= 15 is 0 Å². The van der Waals surface area contributed by atoms with Gasteiger partial charge in [0, 0.05) is 6.42 Å². The molecule has 0 bridgehead atoms. The Morgan fingerprint density at radius 3 is 1.12 bits per heavy atom. The maximum absolute atomic E-state index is 13.4. The number of carbonyl (C=O) groups excluding carboxylic acids is 1. The van der Waals surface area contributed by atoms with Crippen molar-refractivity contribution in [1.82, 2.24) is 5.32 Å². The molecule has 3 saturated heterocycles. The molecule has 12 N–H and O–H groups in total. The smallest absolute Gasteiger partial charge is 0.220 e. The first kappa shape index (κ1) is 84.2. The number of amides is 1. The lowest BCUT2D eigenvalue weighted by atomic mass is 9.96. The number of rotatable bonds is 58. The van der Waals surface area contributed by atoms with Gasteiger partial charge in [0.05, 0.1) is 38.6 Å². The van der Waals surface area contributed by atoms with E-state index < -0.39 is 124 Å². The Hall–Kier alpha value is -1.99. The van der Waals surface area contributed by atoms with Crippen LogP contribution in [0.2, 0.25) is 0 Å². The van der Waals surface area contributed by atoms with Crippen LogP contribution in [0.4, 0.5) is 0 Å². The van der Waals surface area contributed by atoms with Crippen molar-refractivity contribution < 1.29 is 89.4 Å². The summed E-state index contributed by atoms with van der Waals surface area (Å²) in [6.45, 7) is 1.78. The lowest BCUT2D eigenvalue weighted by molar-refractivity contribution is -0.379. The standard InChI is InChI=1S/C73H135NO18/c1-3-5-7-9-11-13-15-16-17-18-19-20-21-22-23-24-25-26-27-28-29-30-31-32-33-34-35-36-37-38-39-40-41-43-45-47-49-51-61(79)74-56(57(78)50-48-46-44-42-14-12-10-8-6-4-2)55-87-71-67(85)64(82)69(59(53-76)89-71)92-73-68(86)65(83)70(60(54-77)90-73)91-72-66(84)63(81)62(80)58(52-75)88-72/h15-16,18-19,21-22,56-60,62-73,75-78,80-86H,3-14,17,20,23-55H2,1-2H3,(H,74,79)/b16-15-,19-18-,22-21-. The molecule has 0 aromatic heterocycles. The van der Waals surface area contributed by atoms with Crippen molar-refractivity contribution in [2.75, 3.05) is 26.4 Å². The molecular formula is C73H135NO18. The molecule has 3 fully saturated rings. The number of aliphatic hydroxyl groups excluding tert-OH is 11. The van der Waals surface area contributed by atoms with Crippen LogP contribution in [-0.2, 0) is 33.2 Å². The van der Waals surface area contributed by atoms with Crippen molar-refractivity contribution in [3.63, 3.8) is 0 Å². The zero-order valence-corrected chi connectivity index (χ0v) is 57.3. The van der Waals surface area contributed by atoms with Gasteiger partial charge < -0.3 is 89.9 Å². The van der Waals surface area contributed by atoms with Crippen LogP contribution in [0.5, 0.6) is 0 Å². The van der Waals surface area contributed by atoms with Crippen LogP contribution in [0, 0.1) is 0 Å². The highest BCUT2D eigenvalue weighted by Gasteiger charge is 2.53. The minimum atomic E-state index is -1.97. The normalized spacial score (nSPS) is 27.9. The molecule has 1 amide bonds. The highest BCUT2D eigenvalue weighted by Crippen LogP contribution is 2.33. The number of carbonyl (C=O) groups is 1. The predicted octanol–water partition coefficient (Wildman–Crippen LogP) is 10.8. The van der Waals surface area contributed by atoms with Crippen LogP contribution in [0.3, 0.4) is 0 Å². The Kier molecular flexibility index (Phi) is 50.3. The molecule has 3 aliphatic rings. The van der Waals surface area contributed by atoms with Crippen molar-refractivity contribution in [1.29, 1.82) is 0 Å². The summed E-state index contributed by atoms with van der Waals surface area (Å²) >= 11 is 0. The maximum atomic E-state index is 13.4. The zero-order valence-electron chi connectivity index (χ0n) is 57.3. The molecule has 0 spiro atoms. The summed E-state index contributed by atoms with van der Waals surface area (Å²) in [5.74, 6) is -0.240. The molecule has 540 valence electrons. The molecule has 17 unspecified atom stereocenters. The minimum Gasteiger partial charge on any atom is -0.394 e. The second-order valence-corrected chi connectivity index (χ2v) is 26.8. The first-order valence-electron chi connectivity index (χ1n) is 37.2. The minimum absolute atomic E-state index is 0.240. The third-order valence-corrected chi connectivity index (χ3v) is 18.7. The van der Waals surface area contributed by atoms with Crippen molar-refractivity contribution in [2.24, 2.45) is 0 Å². The van der Waals surface area contributed by atoms with Crippen LogP contribution in [-0.4, -0.2) is 193 Å². The van der Waals surface area contributed by atoms with Gasteiger partial charge in [-0.3, -0.25) is 4.79 Å². The van der Waals surface area contributed by atoms with E-state index in [0.29, 0.717) is 12.8 Å². The number of unbranched alkanes of at least 4 members (excludes halogenated alkanes) is 36. The maximum Gasteiger partial charge on any atom is 0.220 e. The molecule has 17 atom stereocenters. The SMILES string of the molecule is CCCCCCC/C=C\C/C=C\C/C=C\CCCCCCCCCCCCCCCCCCCCCCCCC(=O)NC(COC1OC(CO)C(OC2OC(CO)C(OC3OC(CO)C(O)C(O)C3O)C(O)C2O)C(O)C1O)C(O)CCCCCCCCCCCC. The summed E-state index contributed by atoms with van der Waals surface area (Å²) in [5.41, 5.74) is 0. The fourth-order valence-corrected chi connectivity index (χ4v) is 12.7. The van der Waals surface area contributed by atoms with Gasteiger partial charge in [0.25, 0.3) is 0 Å². The summed E-state index contributed by atoms with van der Waals surface area (Å²) < 4.78 is 34.4. The van der Waals surface area contributed by atoms with E-state index in [-0.39, 0.29) is 18.9 Å². The van der Waals surface area contributed by atoms with Crippen LogP contribution in [0.25, 0.3) is 0 Å². The Balaban J connectivity index is 1.28. The van der Waals surface area contributed by atoms with Gasteiger partial charge in [0.1, 0.15) is 73.2 Å². The number of hydrogen-bond donors (Lipinski definition) is 12. The monoisotopic (exact) mass is 1310 g/mol. The molecule has 19 heteroatoms. The lowest BCUT2D eigenvalue weighted by Crippen LogP contribution is -2.66. The summed E-state index contributed by atoms with van der Waals surface area (Å²) in [5, 5.41) is 120. The first-order valence-corrected chi connectivity index (χ1v) is 37.2. The Morgan fingerprint density at radius 2 is 0.717 bits per heavy atom. The van der Waals surface area contributed by atoms with Gasteiger partial charge >= 0.3 is 0 Å². The van der Waals surface area contributed by atoms with Crippen LogP contribution < -0.4 is 5.32 Å². The van der Waals surface area contributed by atoms with E-state index in [0.717, 1.165) is 57.8 Å².